The zero-order valence-corrected chi connectivity index (χ0v) is 13.0. The van der Waals surface area contributed by atoms with Crippen LogP contribution in [0.1, 0.15) is 16.7 Å². The van der Waals surface area contributed by atoms with Gasteiger partial charge in [-0.1, -0.05) is 36.4 Å². The van der Waals surface area contributed by atoms with Gasteiger partial charge in [0.05, 0.1) is 5.69 Å². The molecule has 1 aliphatic rings. The number of carbonyl (C=O) groups excluding carboxylic acids is 1. The van der Waals surface area contributed by atoms with Gasteiger partial charge in [0.25, 0.3) is 0 Å². The first-order valence-electron chi connectivity index (χ1n) is 7.49. The number of hydrogen-bond donors (Lipinski definition) is 1. The Balaban J connectivity index is 1.88. The first kappa shape index (κ1) is 16.0. The average Bonchev–Trinajstić information content (AvgIpc) is 2.99. The van der Waals surface area contributed by atoms with Crippen LogP contribution in [0.4, 0.5) is 14.9 Å². The summed E-state index contributed by atoms with van der Waals surface area (Å²) >= 11 is 0. The number of fused-ring (bicyclic) bond motifs is 1. The SMILES string of the molecule is Cc1ccc(F)c2c1N(C(=O)OCc1ccccc1)C(C(=O)O)C2. The summed E-state index contributed by atoms with van der Waals surface area (Å²) in [4.78, 5) is 25.0. The van der Waals surface area contributed by atoms with Crippen LogP contribution in [0.15, 0.2) is 42.5 Å². The van der Waals surface area contributed by atoms with Crippen molar-refractivity contribution in [2.75, 3.05) is 4.90 Å². The minimum absolute atomic E-state index is 0.0200. The average molecular weight is 329 g/mol. The van der Waals surface area contributed by atoms with Gasteiger partial charge in [-0.2, -0.15) is 0 Å². The minimum Gasteiger partial charge on any atom is -0.480 e. The molecular formula is C18H16FNO4. The van der Waals surface area contributed by atoms with Crippen molar-refractivity contribution in [3.63, 3.8) is 0 Å². The molecule has 2 aromatic rings. The molecule has 1 aliphatic heterocycles. The van der Waals surface area contributed by atoms with Crippen LogP contribution in [-0.2, 0) is 22.6 Å². The Labute approximate surface area is 138 Å². The van der Waals surface area contributed by atoms with Crippen LogP contribution in [0.3, 0.4) is 0 Å². The first-order valence-corrected chi connectivity index (χ1v) is 7.49. The minimum atomic E-state index is -1.19. The number of carbonyl (C=O) groups is 2. The number of carboxylic acids is 1. The van der Waals surface area contributed by atoms with Gasteiger partial charge in [0, 0.05) is 12.0 Å². The molecule has 0 saturated heterocycles. The summed E-state index contributed by atoms with van der Waals surface area (Å²) in [5.41, 5.74) is 1.94. The molecule has 0 spiro atoms. The summed E-state index contributed by atoms with van der Waals surface area (Å²) in [5.74, 6) is -1.71. The molecule has 1 heterocycles. The van der Waals surface area contributed by atoms with E-state index in [2.05, 4.69) is 0 Å². The van der Waals surface area contributed by atoms with Gasteiger partial charge in [0.1, 0.15) is 18.5 Å². The molecule has 0 fully saturated rings. The molecular weight excluding hydrogens is 313 g/mol. The Morgan fingerprint density at radius 2 is 1.96 bits per heavy atom. The molecule has 2 aromatic carbocycles. The van der Waals surface area contributed by atoms with Crippen molar-refractivity contribution in [3.8, 4) is 0 Å². The van der Waals surface area contributed by atoms with E-state index in [1.165, 1.54) is 12.1 Å². The number of halogens is 1. The van der Waals surface area contributed by atoms with E-state index in [1.54, 1.807) is 19.1 Å². The van der Waals surface area contributed by atoms with Gasteiger partial charge in [-0.25, -0.2) is 14.0 Å². The van der Waals surface area contributed by atoms with Crippen LogP contribution in [0, 0.1) is 12.7 Å². The zero-order valence-electron chi connectivity index (χ0n) is 13.0. The summed E-state index contributed by atoms with van der Waals surface area (Å²) in [5, 5.41) is 9.40. The first-order chi connectivity index (χ1) is 11.5. The molecule has 1 unspecified atom stereocenters. The molecule has 0 radical (unpaired) electrons. The van der Waals surface area contributed by atoms with Crippen LogP contribution >= 0.6 is 0 Å². The highest BCUT2D eigenvalue weighted by Gasteiger charge is 2.41. The molecule has 0 aliphatic carbocycles. The molecule has 1 amide bonds. The lowest BCUT2D eigenvalue weighted by Gasteiger charge is -2.23. The van der Waals surface area contributed by atoms with E-state index in [4.69, 9.17) is 4.74 Å². The lowest BCUT2D eigenvalue weighted by Crippen LogP contribution is -2.43. The number of amides is 1. The van der Waals surface area contributed by atoms with Gasteiger partial charge < -0.3 is 9.84 Å². The third-order valence-corrected chi connectivity index (χ3v) is 4.06. The summed E-state index contributed by atoms with van der Waals surface area (Å²) < 4.78 is 19.3. The van der Waals surface area contributed by atoms with Gasteiger partial charge in [0.15, 0.2) is 0 Å². The van der Waals surface area contributed by atoms with E-state index in [9.17, 15) is 19.1 Å². The molecule has 5 nitrogen and oxygen atoms in total. The number of carboxylic acid groups (broad SMARTS) is 1. The maximum absolute atomic E-state index is 14.0. The number of benzene rings is 2. The molecule has 1 N–H and O–H groups in total. The lowest BCUT2D eigenvalue weighted by molar-refractivity contribution is -0.138. The van der Waals surface area contributed by atoms with Crippen LogP contribution in [-0.4, -0.2) is 23.2 Å². The normalized spacial score (nSPS) is 15.9. The quantitative estimate of drug-likeness (QED) is 0.938. The van der Waals surface area contributed by atoms with E-state index in [0.29, 0.717) is 11.3 Å². The molecule has 0 aromatic heterocycles. The Morgan fingerprint density at radius 3 is 2.62 bits per heavy atom. The molecule has 3 rings (SSSR count). The number of aliphatic carboxylic acids is 1. The molecule has 1 atom stereocenters. The Morgan fingerprint density at radius 1 is 1.25 bits per heavy atom. The largest absolute Gasteiger partial charge is 0.480 e. The van der Waals surface area contributed by atoms with Crippen molar-refractivity contribution < 1.29 is 23.8 Å². The number of ether oxygens (including phenoxy) is 1. The Kier molecular flexibility index (Phi) is 4.20. The lowest BCUT2D eigenvalue weighted by atomic mass is 10.1. The smallest absolute Gasteiger partial charge is 0.415 e. The third kappa shape index (κ3) is 2.82. The molecule has 6 heteroatoms. The van der Waals surface area contributed by atoms with Crippen molar-refractivity contribution in [2.45, 2.75) is 26.0 Å². The summed E-state index contributed by atoms with van der Waals surface area (Å²) in [7, 11) is 0. The number of nitrogens with zero attached hydrogens (tertiary/aromatic N) is 1. The van der Waals surface area contributed by atoms with Crippen LogP contribution in [0.5, 0.6) is 0 Å². The molecule has 0 saturated carbocycles. The maximum Gasteiger partial charge on any atom is 0.415 e. The zero-order chi connectivity index (χ0) is 17.3. The highest BCUT2D eigenvalue weighted by Crippen LogP contribution is 2.37. The topological polar surface area (TPSA) is 66.8 Å². The summed E-state index contributed by atoms with van der Waals surface area (Å²) in [6, 6.07) is 10.7. The van der Waals surface area contributed by atoms with Crippen LogP contribution < -0.4 is 4.90 Å². The van der Waals surface area contributed by atoms with Crippen molar-refractivity contribution in [2.24, 2.45) is 0 Å². The fourth-order valence-electron chi connectivity index (χ4n) is 2.90. The van der Waals surface area contributed by atoms with Gasteiger partial charge >= 0.3 is 12.1 Å². The third-order valence-electron chi connectivity index (χ3n) is 4.06. The van der Waals surface area contributed by atoms with Crippen molar-refractivity contribution >= 4 is 17.7 Å². The van der Waals surface area contributed by atoms with E-state index >= 15 is 0 Å². The van der Waals surface area contributed by atoms with Gasteiger partial charge in [-0.15, -0.1) is 0 Å². The second-order valence-electron chi connectivity index (χ2n) is 5.66. The number of hydrogen-bond acceptors (Lipinski definition) is 3. The molecule has 124 valence electrons. The van der Waals surface area contributed by atoms with Gasteiger partial charge in [0.2, 0.25) is 0 Å². The predicted molar refractivity (Wildman–Crippen MR) is 85.4 cm³/mol. The Hall–Kier alpha value is -2.89. The molecule has 24 heavy (non-hydrogen) atoms. The fourth-order valence-corrected chi connectivity index (χ4v) is 2.90. The second kappa shape index (κ2) is 6.31. The second-order valence-corrected chi connectivity index (χ2v) is 5.66. The van der Waals surface area contributed by atoms with E-state index in [0.717, 1.165) is 10.5 Å². The summed E-state index contributed by atoms with van der Waals surface area (Å²) in [6.07, 6.45) is -0.864. The van der Waals surface area contributed by atoms with Gasteiger partial charge in [-0.05, 0) is 24.1 Å². The van der Waals surface area contributed by atoms with E-state index in [1.807, 2.05) is 18.2 Å². The van der Waals surface area contributed by atoms with Crippen molar-refractivity contribution in [1.29, 1.82) is 0 Å². The maximum atomic E-state index is 14.0. The fraction of sp³-hybridized carbons (Fsp3) is 0.222. The standard InChI is InChI=1S/C18H16FNO4/c1-11-7-8-14(19)13-9-15(17(21)22)20(16(11)13)18(23)24-10-12-5-3-2-4-6-12/h2-8,15H,9-10H2,1H3,(H,21,22). The highest BCUT2D eigenvalue weighted by atomic mass is 19.1. The molecule has 0 bridgehead atoms. The van der Waals surface area contributed by atoms with Gasteiger partial charge in [-0.3, -0.25) is 4.90 Å². The van der Waals surface area contributed by atoms with Crippen molar-refractivity contribution in [1.82, 2.24) is 0 Å². The Bertz CT molecular complexity index is 791. The van der Waals surface area contributed by atoms with Crippen molar-refractivity contribution in [3.05, 3.63) is 65.0 Å². The predicted octanol–water partition coefficient (Wildman–Crippen LogP) is 3.29. The number of anilines is 1. The monoisotopic (exact) mass is 329 g/mol. The van der Waals surface area contributed by atoms with E-state index < -0.39 is 23.9 Å². The van der Waals surface area contributed by atoms with E-state index in [-0.39, 0.29) is 18.6 Å². The highest BCUT2D eigenvalue weighted by molar-refractivity contribution is 5.99. The number of rotatable bonds is 3. The number of aryl methyl sites for hydroxylation is 1. The van der Waals surface area contributed by atoms with Crippen LogP contribution in [0.25, 0.3) is 0 Å². The summed E-state index contributed by atoms with van der Waals surface area (Å²) in [6.45, 7) is 1.73. The van der Waals surface area contributed by atoms with Crippen LogP contribution in [0.2, 0.25) is 0 Å².